The van der Waals surface area contributed by atoms with Crippen molar-refractivity contribution in [1.82, 2.24) is 0 Å². The Hall–Kier alpha value is -3.43. The van der Waals surface area contributed by atoms with Gasteiger partial charge in [-0.3, -0.25) is 0 Å². The molecule has 3 nitrogen and oxygen atoms in total. The minimum absolute atomic E-state index is 0.104. The summed E-state index contributed by atoms with van der Waals surface area (Å²) in [6.45, 7) is 2.62. The predicted octanol–water partition coefficient (Wildman–Crippen LogP) is 8.68. The summed E-state index contributed by atoms with van der Waals surface area (Å²) in [5.41, 5.74) is -3.03. The molecule has 41 heavy (non-hydrogen) atoms. The molecule has 0 aromatic heterocycles. The molecule has 3 aromatic rings. The molecule has 4 rings (SSSR count). The van der Waals surface area contributed by atoms with Crippen LogP contribution in [0, 0.1) is 41.0 Å². The van der Waals surface area contributed by atoms with E-state index in [0.29, 0.717) is 18.2 Å². The van der Waals surface area contributed by atoms with Gasteiger partial charge in [0.05, 0.1) is 18.8 Å². The Morgan fingerprint density at radius 1 is 0.878 bits per heavy atom. The summed E-state index contributed by atoms with van der Waals surface area (Å²) in [5.74, 6) is -4.74. The summed E-state index contributed by atoms with van der Waals surface area (Å²) in [7, 11) is 0. The van der Waals surface area contributed by atoms with Crippen molar-refractivity contribution in [2.45, 2.75) is 51.2 Å². The Morgan fingerprint density at radius 2 is 1.54 bits per heavy atom. The molecule has 12 heteroatoms. The number of halogens is 9. The highest BCUT2D eigenvalue weighted by molar-refractivity contribution is 5.86. The molecular formula is C29H23F9O3. The van der Waals surface area contributed by atoms with Gasteiger partial charge in [0, 0.05) is 22.8 Å². The maximum Gasteiger partial charge on any atom is 0.458 e. The van der Waals surface area contributed by atoms with Crippen molar-refractivity contribution in [2.24, 2.45) is 5.92 Å². The van der Waals surface area contributed by atoms with Crippen LogP contribution in [-0.4, -0.2) is 19.4 Å². The zero-order valence-electron chi connectivity index (χ0n) is 21.5. The van der Waals surface area contributed by atoms with Crippen LogP contribution in [0.5, 0.6) is 5.75 Å². The number of unbranched alkanes of at least 4 members (excludes halogenated alkanes) is 2. The molecule has 3 aromatic carbocycles. The van der Waals surface area contributed by atoms with Gasteiger partial charge >= 0.3 is 12.3 Å². The van der Waals surface area contributed by atoms with Crippen LogP contribution in [0.2, 0.25) is 0 Å². The predicted molar refractivity (Wildman–Crippen MR) is 130 cm³/mol. The van der Waals surface area contributed by atoms with Gasteiger partial charge < -0.3 is 14.2 Å². The maximum absolute atomic E-state index is 14.9. The van der Waals surface area contributed by atoms with Gasteiger partial charge in [-0.05, 0) is 48.2 Å². The van der Waals surface area contributed by atoms with E-state index in [2.05, 4.69) is 11.7 Å². The first-order chi connectivity index (χ1) is 19.3. The van der Waals surface area contributed by atoms with Gasteiger partial charge in [0.1, 0.15) is 34.6 Å². The van der Waals surface area contributed by atoms with E-state index in [1.165, 1.54) is 5.92 Å². The van der Waals surface area contributed by atoms with Crippen molar-refractivity contribution >= 4 is 10.8 Å². The molecule has 1 fully saturated rings. The summed E-state index contributed by atoms with van der Waals surface area (Å²) in [5, 5.41) is -0.822. The van der Waals surface area contributed by atoms with E-state index in [-0.39, 0.29) is 30.1 Å². The van der Waals surface area contributed by atoms with Crippen molar-refractivity contribution in [3.63, 3.8) is 0 Å². The van der Waals surface area contributed by atoms with Crippen LogP contribution in [-0.2, 0) is 15.6 Å². The standard InChI is InChI=1S/C29H23F9O3/c1-2-3-4-5-16-14-39-27(40-15-16)18-12-23(31)25(24(32)13-18)29(37,38)41-19-6-7-20-17(10-19)11-22(30)21(26(20)33)8-9-28(34,35)36/h6-7,10-13,16,27H,2-5,14-15H2,1H3. The summed E-state index contributed by atoms with van der Waals surface area (Å²) < 4.78 is 141. The molecule has 0 atom stereocenters. The lowest BCUT2D eigenvalue weighted by atomic mass is 10.0. The minimum Gasteiger partial charge on any atom is -0.429 e. The molecule has 0 saturated carbocycles. The number of hydrogen-bond acceptors (Lipinski definition) is 3. The average molecular weight is 590 g/mol. The summed E-state index contributed by atoms with van der Waals surface area (Å²) in [6, 6.07) is 4.21. The lowest BCUT2D eigenvalue weighted by molar-refractivity contribution is -0.206. The van der Waals surface area contributed by atoms with Crippen molar-refractivity contribution in [3.8, 4) is 17.6 Å². The smallest absolute Gasteiger partial charge is 0.429 e. The first kappa shape index (κ1) is 30.5. The van der Waals surface area contributed by atoms with E-state index in [9.17, 15) is 39.5 Å². The molecule has 0 bridgehead atoms. The second-order valence-electron chi connectivity index (χ2n) is 9.52. The largest absolute Gasteiger partial charge is 0.458 e. The Morgan fingerprint density at radius 3 is 2.15 bits per heavy atom. The molecule has 0 unspecified atom stereocenters. The lowest BCUT2D eigenvalue weighted by Crippen LogP contribution is -2.28. The highest BCUT2D eigenvalue weighted by Gasteiger charge is 2.42. The van der Waals surface area contributed by atoms with E-state index in [4.69, 9.17) is 9.47 Å². The van der Waals surface area contributed by atoms with Gasteiger partial charge in [-0.15, -0.1) is 0 Å². The SMILES string of the molecule is CCCCCC1COC(c2cc(F)c(C(F)(F)Oc3ccc4c(F)c(C#CC(F)(F)F)c(F)cc4c3)c(F)c2)OC1. The third-order valence-corrected chi connectivity index (χ3v) is 6.39. The number of fused-ring (bicyclic) bond motifs is 1. The highest BCUT2D eigenvalue weighted by Crippen LogP contribution is 2.38. The second kappa shape index (κ2) is 12.2. The number of benzene rings is 3. The van der Waals surface area contributed by atoms with Crippen LogP contribution in [0.3, 0.4) is 0 Å². The monoisotopic (exact) mass is 590 g/mol. The molecule has 0 spiro atoms. The summed E-state index contributed by atoms with van der Waals surface area (Å²) in [4.78, 5) is 0. The van der Waals surface area contributed by atoms with Crippen LogP contribution in [0.4, 0.5) is 39.5 Å². The van der Waals surface area contributed by atoms with E-state index < -0.39 is 64.1 Å². The topological polar surface area (TPSA) is 27.7 Å². The summed E-state index contributed by atoms with van der Waals surface area (Å²) >= 11 is 0. The first-order valence-electron chi connectivity index (χ1n) is 12.6. The fraction of sp³-hybridized carbons (Fsp3) is 0.379. The molecular weight excluding hydrogens is 567 g/mol. The molecule has 0 aliphatic carbocycles. The van der Waals surface area contributed by atoms with E-state index >= 15 is 0 Å². The lowest BCUT2D eigenvalue weighted by Gasteiger charge is -2.30. The number of ether oxygens (including phenoxy) is 3. The molecule has 1 heterocycles. The van der Waals surface area contributed by atoms with Crippen molar-refractivity contribution in [3.05, 3.63) is 76.4 Å². The molecule has 1 aliphatic heterocycles. The number of alkyl halides is 5. The molecule has 1 aliphatic rings. The third-order valence-electron chi connectivity index (χ3n) is 6.39. The van der Waals surface area contributed by atoms with E-state index in [0.717, 1.165) is 49.8 Å². The number of rotatable bonds is 8. The van der Waals surface area contributed by atoms with Gasteiger partial charge in [0.15, 0.2) is 6.29 Å². The van der Waals surface area contributed by atoms with Crippen LogP contribution in [0.15, 0.2) is 36.4 Å². The number of hydrogen-bond donors (Lipinski definition) is 0. The van der Waals surface area contributed by atoms with Crippen LogP contribution in [0.1, 0.15) is 55.6 Å². The Labute approximate surface area is 229 Å². The van der Waals surface area contributed by atoms with Crippen molar-refractivity contribution in [1.29, 1.82) is 0 Å². The van der Waals surface area contributed by atoms with Crippen LogP contribution < -0.4 is 4.74 Å². The zero-order chi connectivity index (χ0) is 29.9. The minimum atomic E-state index is -5.01. The molecule has 0 N–H and O–H groups in total. The molecule has 0 amide bonds. The highest BCUT2D eigenvalue weighted by atomic mass is 19.4. The fourth-order valence-electron chi connectivity index (χ4n) is 4.41. The van der Waals surface area contributed by atoms with Gasteiger partial charge in [-0.2, -0.15) is 22.0 Å². The second-order valence-corrected chi connectivity index (χ2v) is 9.52. The Balaban J connectivity index is 1.53. The maximum atomic E-state index is 14.9. The molecule has 1 saturated heterocycles. The zero-order valence-corrected chi connectivity index (χ0v) is 21.5. The first-order valence-corrected chi connectivity index (χ1v) is 12.6. The van der Waals surface area contributed by atoms with Gasteiger partial charge in [0.2, 0.25) is 0 Å². The third kappa shape index (κ3) is 7.26. The fourth-order valence-corrected chi connectivity index (χ4v) is 4.41. The van der Waals surface area contributed by atoms with E-state index in [1.54, 1.807) is 0 Å². The average Bonchev–Trinajstić information content (AvgIpc) is 2.87. The van der Waals surface area contributed by atoms with Crippen molar-refractivity contribution < 1.29 is 53.7 Å². The van der Waals surface area contributed by atoms with Gasteiger partial charge in [-0.25, -0.2) is 17.6 Å². The quantitative estimate of drug-likeness (QED) is 0.149. The van der Waals surface area contributed by atoms with Crippen LogP contribution in [0.25, 0.3) is 10.8 Å². The normalized spacial score (nSPS) is 17.8. The summed E-state index contributed by atoms with van der Waals surface area (Å²) in [6.07, 6.45) is -6.82. The van der Waals surface area contributed by atoms with Crippen molar-refractivity contribution in [2.75, 3.05) is 13.2 Å². The molecule has 0 radical (unpaired) electrons. The van der Waals surface area contributed by atoms with Gasteiger partial charge in [-0.1, -0.05) is 32.1 Å². The molecule has 220 valence electrons. The van der Waals surface area contributed by atoms with Gasteiger partial charge in [0.25, 0.3) is 0 Å². The van der Waals surface area contributed by atoms with Crippen LogP contribution >= 0.6 is 0 Å². The van der Waals surface area contributed by atoms with E-state index in [1.807, 2.05) is 0 Å². The Kier molecular flexibility index (Phi) is 9.09. The Bertz CT molecular complexity index is 1440.